The molecule has 0 amide bonds. The van der Waals surface area contributed by atoms with Gasteiger partial charge in [-0.25, -0.2) is 0 Å². The SMILES string of the molecule is CC(C)CCCC(O)c1cccc(Br)c1. The number of hydrogen-bond acceptors (Lipinski definition) is 1. The summed E-state index contributed by atoms with van der Waals surface area (Å²) in [6, 6.07) is 7.90. The summed E-state index contributed by atoms with van der Waals surface area (Å²) in [5.41, 5.74) is 1.01. The van der Waals surface area contributed by atoms with E-state index in [1.165, 1.54) is 6.42 Å². The maximum atomic E-state index is 9.94. The van der Waals surface area contributed by atoms with E-state index in [2.05, 4.69) is 29.8 Å². The second-order valence-electron chi connectivity index (χ2n) is 4.40. The zero-order chi connectivity index (χ0) is 11.3. The number of aliphatic hydroxyl groups is 1. The molecule has 1 aromatic rings. The summed E-state index contributed by atoms with van der Waals surface area (Å²) in [5.74, 6) is 0.722. The van der Waals surface area contributed by atoms with Crippen LogP contribution in [0.3, 0.4) is 0 Å². The van der Waals surface area contributed by atoms with Crippen molar-refractivity contribution in [3.63, 3.8) is 0 Å². The Labute approximate surface area is 101 Å². The van der Waals surface area contributed by atoms with Gasteiger partial charge in [0, 0.05) is 4.47 Å². The van der Waals surface area contributed by atoms with Crippen LogP contribution in [0.2, 0.25) is 0 Å². The van der Waals surface area contributed by atoms with Gasteiger partial charge in [-0.1, -0.05) is 54.8 Å². The van der Waals surface area contributed by atoms with Crippen LogP contribution in [-0.2, 0) is 0 Å². The van der Waals surface area contributed by atoms with E-state index in [9.17, 15) is 5.11 Å². The van der Waals surface area contributed by atoms with Crippen molar-refractivity contribution >= 4 is 15.9 Å². The Hall–Kier alpha value is -0.340. The van der Waals surface area contributed by atoms with Crippen LogP contribution in [0.1, 0.15) is 44.8 Å². The monoisotopic (exact) mass is 270 g/mol. The second-order valence-corrected chi connectivity index (χ2v) is 5.31. The van der Waals surface area contributed by atoms with E-state index in [1.54, 1.807) is 0 Å². The molecule has 1 rings (SSSR count). The summed E-state index contributed by atoms with van der Waals surface area (Å²) in [6.07, 6.45) is 2.81. The first-order valence-corrected chi connectivity index (χ1v) is 6.32. The van der Waals surface area contributed by atoms with Gasteiger partial charge in [-0.05, 0) is 30.0 Å². The lowest BCUT2D eigenvalue weighted by molar-refractivity contribution is 0.162. The van der Waals surface area contributed by atoms with Crippen LogP contribution in [0, 0.1) is 5.92 Å². The van der Waals surface area contributed by atoms with Gasteiger partial charge in [0.05, 0.1) is 6.10 Å². The largest absolute Gasteiger partial charge is 0.388 e. The lowest BCUT2D eigenvalue weighted by Crippen LogP contribution is -1.98. The average Bonchev–Trinajstić information content (AvgIpc) is 2.17. The molecule has 1 unspecified atom stereocenters. The van der Waals surface area contributed by atoms with Crippen LogP contribution in [0.4, 0.5) is 0 Å². The summed E-state index contributed by atoms with van der Waals surface area (Å²) in [7, 11) is 0. The Morgan fingerprint density at radius 2 is 2.00 bits per heavy atom. The lowest BCUT2D eigenvalue weighted by atomic mass is 10.0. The molecule has 0 saturated carbocycles. The Balaban J connectivity index is 2.43. The van der Waals surface area contributed by atoms with Crippen molar-refractivity contribution in [3.8, 4) is 0 Å². The maximum Gasteiger partial charge on any atom is 0.0790 e. The van der Waals surface area contributed by atoms with Gasteiger partial charge in [0.25, 0.3) is 0 Å². The minimum atomic E-state index is -0.318. The van der Waals surface area contributed by atoms with Gasteiger partial charge in [-0.3, -0.25) is 0 Å². The van der Waals surface area contributed by atoms with E-state index >= 15 is 0 Å². The molecule has 0 heterocycles. The molecular formula is C13H19BrO. The topological polar surface area (TPSA) is 20.2 Å². The third-order valence-electron chi connectivity index (χ3n) is 2.49. The molecule has 1 atom stereocenters. The van der Waals surface area contributed by atoms with Crippen LogP contribution in [0.15, 0.2) is 28.7 Å². The zero-order valence-corrected chi connectivity index (χ0v) is 11.0. The highest BCUT2D eigenvalue weighted by atomic mass is 79.9. The molecule has 0 radical (unpaired) electrons. The number of aliphatic hydroxyl groups excluding tert-OH is 1. The first kappa shape index (κ1) is 12.7. The summed E-state index contributed by atoms with van der Waals surface area (Å²) in [6.45, 7) is 4.43. The van der Waals surface area contributed by atoms with Gasteiger partial charge in [-0.2, -0.15) is 0 Å². The van der Waals surface area contributed by atoms with Gasteiger partial charge in [0.1, 0.15) is 0 Å². The van der Waals surface area contributed by atoms with Crippen LogP contribution in [-0.4, -0.2) is 5.11 Å². The first-order valence-electron chi connectivity index (χ1n) is 5.53. The third-order valence-corrected chi connectivity index (χ3v) is 2.99. The normalized spacial score (nSPS) is 13.1. The van der Waals surface area contributed by atoms with E-state index in [-0.39, 0.29) is 6.10 Å². The van der Waals surface area contributed by atoms with Gasteiger partial charge >= 0.3 is 0 Å². The van der Waals surface area contributed by atoms with Gasteiger partial charge < -0.3 is 5.11 Å². The molecule has 0 fully saturated rings. The summed E-state index contributed by atoms with van der Waals surface area (Å²) in [4.78, 5) is 0. The molecule has 0 bridgehead atoms. The van der Waals surface area contributed by atoms with E-state index in [4.69, 9.17) is 0 Å². The molecule has 0 aliphatic heterocycles. The average molecular weight is 271 g/mol. The van der Waals surface area contributed by atoms with E-state index in [0.717, 1.165) is 28.8 Å². The number of rotatable bonds is 5. The van der Waals surface area contributed by atoms with Crippen molar-refractivity contribution in [1.82, 2.24) is 0 Å². The molecule has 0 aliphatic rings. The maximum absolute atomic E-state index is 9.94. The molecule has 1 aromatic carbocycles. The van der Waals surface area contributed by atoms with Crippen molar-refractivity contribution in [2.75, 3.05) is 0 Å². The Kier molecular flexibility index (Phi) is 5.34. The fraction of sp³-hybridized carbons (Fsp3) is 0.538. The second kappa shape index (κ2) is 6.29. The van der Waals surface area contributed by atoms with Crippen molar-refractivity contribution in [3.05, 3.63) is 34.3 Å². The lowest BCUT2D eigenvalue weighted by Gasteiger charge is -2.12. The molecular weight excluding hydrogens is 252 g/mol. The fourth-order valence-electron chi connectivity index (χ4n) is 1.60. The van der Waals surface area contributed by atoms with E-state index < -0.39 is 0 Å². The Morgan fingerprint density at radius 3 is 2.60 bits per heavy atom. The van der Waals surface area contributed by atoms with Crippen LogP contribution in [0.25, 0.3) is 0 Å². The predicted molar refractivity (Wildman–Crippen MR) is 67.8 cm³/mol. The highest BCUT2D eigenvalue weighted by Crippen LogP contribution is 2.23. The minimum Gasteiger partial charge on any atom is -0.388 e. The highest BCUT2D eigenvalue weighted by Gasteiger charge is 2.07. The molecule has 0 aromatic heterocycles. The minimum absolute atomic E-state index is 0.318. The van der Waals surface area contributed by atoms with Crippen molar-refractivity contribution < 1.29 is 5.11 Å². The van der Waals surface area contributed by atoms with Crippen LogP contribution in [0.5, 0.6) is 0 Å². The van der Waals surface area contributed by atoms with Crippen molar-refractivity contribution in [1.29, 1.82) is 0 Å². The quantitative estimate of drug-likeness (QED) is 0.846. The summed E-state index contributed by atoms with van der Waals surface area (Å²) in [5, 5.41) is 9.94. The number of hydrogen-bond donors (Lipinski definition) is 1. The van der Waals surface area contributed by atoms with Gasteiger partial charge in [0.2, 0.25) is 0 Å². The van der Waals surface area contributed by atoms with Crippen LogP contribution < -0.4 is 0 Å². The molecule has 0 aliphatic carbocycles. The molecule has 1 N–H and O–H groups in total. The third kappa shape index (κ3) is 4.80. The highest BCUT2D eigenvalue weighted by molar-refractivity contribution is 9.10. The van der Waals surface area contributed by atoms with Crippen LogP contribution >= 0.6 is 15.9 Å². The predicted octanol–water partition coefficient (Wildman–Crippen LogP) is 4.31. The standard InChI is InChI=1S/C13H19BrO/c1-10(2)5-3-8-13(15)11-6-4-7-12(14)9-11/h4,6-7,9-10,13,15H,3,5,8H2,1-2H3. The molecule has 1 nitrogen and oxygen atoms in total. The Morgan fingerprint density at radius 1 is 1.27 bits per heavy atom. The van der Waals surface area contributed by atoms with Gasteiger partial charge in [0.15, 0.2) is 0 Å². The molecule has 2 heteroatoms. The fourth-order valence-corrected chi connectivity index (χ4v) is 2.02. The van der Waals surface area contributed by atoms with Gasteiger partial charge in [-0.15, -0.1) is 0 Å². The number of halogens is 1. The molecule has 0 spiro atoms. The van der Waals surface area contributed by atoms with E-state index in [0.29, 0.717) is 0 Å². The Bertz CT molecular complexity index is 296. The summed E-state index contributed by atoms with van der Waals surface area (Å²) >= 11 is 3.41. The first-order chi connectivity index (χ1) is 7.09. The van der Waals surface area contributed by atoms with Crippen molar-refractivity contribution in [2.45, 2.75) is 39.2 Å². The van der Waals surface area contributed by atoms with E-state index in [1.807, 2.05) is 24.3 Å². The molecule has 0 saturated heterocycles. The summed E-state index contributed by atoms with van der Waals surface area (Å²) < 4.78 is 1.03. The van der Waals surface area contributed by atoms with Crippen molar-refractivity contribution in [2.24, 2.45) is 5.92 Å². The molecule has 84 valence electrons. The molecule has 15 heavy (non-hydrogen) atoms. The smallest absolute Gasteiger partial charge is 0.0790 e. The number of benzene rings is 1. The zero-order valence-electron chi connectivity index (χ0n) is 9.41.